The van der Waals surface area contributed by atoms with Gasteiger partial charge in [-0.05, 0) is 18.2 Å². The number of fused-ring (bicyclic) bond motifs is 1. The summed E-state index contributed by atoms with van der Waals surface area (Å²) in [5, 5.41) is 23.0. The molecule has 0 aromatic carbocycles. The fraction of sp³-hybridized carbons (Fsp3) is 0.588. The first-order valence-electron chi connectivity index (χ1n) is 9.80. The Labute approximate surface area is 192 Å². The summed E-state index contributed by atoms with van der Waals surface area (Å²) in [6.45, 7) is 1.16. The van der Waals surface area contributed by atoms with Gasteiger partial charge in [0.05, 0.1) is 22.5 Å². The molecule has 0 amide bonds. The van der Waals surface area contributed by atoms with Crippen molar-refractivity contribution in [2.45, 2.75) is 37.3 Å². The Morgan fingerprint density at radius 3 is 2.56 bits per heavy atom. The number of nitrogens with zero attached hydrogens (tertiary/aromatic N) is 2. The quantitative estimate of drug-likeness (QED) is 0.263. The smallest absolute Gasteiger partial charge is 0.340 e. The first-order chi connectivity index (χ1) is 15.0. The summed E-state index contributed by atoms with van der Waals surface area (Å²) < 4.78 is 34.2. The second-order valence-corrected chi connectivity index (χ2v) is 13.1. The number of pyridine rings is 1. The molecule has 15 heteroatoms. The Morgan fingerprint density at radius 2 is 1.91 bits per heavy atom. The predicted molar refractivity (Wildman–Crippen MR) is 118 cm³/mol. The molecule has 32 heavy (non-hydrogen) atoms. The summed E-state index contributed by atoms with van der Waals surface area (Å²) in [6, 6.07) is 1.80. The molecule has 5 N–H and O–H groups in total. The molecular formula is C17H23ClN2O9P2S. The van der Waals surface area contributed by atoms with Gasteiger partial charge in [0.15, 0.2) is 5.90 Å². The van der Waals surface area contributed by atoms with Gasteiger partial charge >= 0.3 is 15.2 Å². The van der Waals surface area contributed by atoms with Crippen molar-refractivity contribution < 1.29 is 43.3 Å². The molecule has 178 valence electrons. The maximum atomic E-state index is 11.9. The average Bonchev–Trinajstić information content (AvgIpc) is 3.39. The van der Waals surface area contributed by atoms with Crippen molar-refractivity contribution in [2.75, 3.05) is 30.5 Å². The zero-order chi connectivity index (χ0) is 23.3. The zero-order valence-electron chi connectivity index (χ0n) is 16.7. The SMILES string of the molecule is O=P(O)(O)CP(=O)(O)OC[C@H]1O[C@@H](c2csc3c(N4CCCC4)cc(Cl)nc23)[C@H](O)[C@@H]1O. The Bertz CT molecular complexity index is 1090. The van der Waals surface area contributed by atoms with Crippen LogP contribution in [0.1, 0.15) is 24.5 Å². The number of thiophene rings is 1. The van der Waals surface area contributed by atoms with E-state index in [9.17, 15) is 24.2 Å². The van der Waals surface area contributed by atoms with E-state index in [1.165, 1.54) is 11.3 Å². The van der Waals surface area contributed by atoms with E-state index in [1.807, 2.05) is 0 Å². The molecule has 2 saturated heterocycles. The Kier molecular flexibility index (Phi) is 7.05. The van der Waals surface area contributed by atoms with Crippen molar-refractivity contribution >= 4 is 54.0 Å². The maximum Gasteiger partial charge on any atom is 0.340 e. The van der Waals surface area contributed by atoms with Gasteiger partial charge in [0.25, 0.3) is 0 Å². The molecule has 0 aliphatic carbocycles. The number of ether oxygens (including phenoxy) is 1. The molecular weight excluding hydrogens is 506 g/mol. The number of rotatable bonds is 7. The van der Waals surface area contributed by atoms with Gasteiger partial charge < -0.3 is 39.1 Å². The number of anilines is 1. The lowest BCUT2D eigenvalue weighted by molar-refractivity contribution is -0.0181. The molecule has 2 aliphatic rings. The first-order valence-corrected chi connectivity index (χ1v) is 14.6. The van der Waals surface area contributed by atoms with Crippen LogP contribution in [0.15, 0.2) is 11.4 Å². The second kappa shape index (κ2) is 9.20. The molecule has 0 radical (unpaired) electrons. The largest absolute Gasteiger partial charge is 0.387 e. The van der Waals surface area contributed by atoms with Gasteiger partial charge in [-0.15, -0.1) is 11.3 Å². The van der Waals surface area contributed by atoms with Gasteiger partial charge in [-0.1, -0.05) is 11.6 Å². The van der Waals surface area contributed by atoms with E-state index in [2.05, 4.69) is 9.88 Å². The van der Waals surface area contributed by atoms with Crippen molar-refractivity contribution in [2.24, 2.45) is 0 Å². The van der Waals surface area contributed by atoms with Crippen molar-refractivity contribution in [3.8, 4) is 0 Å². The van der Waals surface area contributed by atoms with E-state index in [4.69, 9.17) is 30.6 Å². The highest BCUT2D eigenvalue weighted by molar-refractivity contribution is 7.70. The van der Waals surface area contributed by atoms with Crippen LogP contribution in [-0.2, 0) is 18.4 Å². The highest BCUT2D eigenvalue weighted by Gasteiger charge is 2.46. The van der Waals surface area contributed by atoms with Crippen molar-refractivity contribution in [1.82, 2.24) is 4.98 Å². The molecule has 4 heterocycles. The summed E-state index contributed by atoms with van der Waals surface area (Å²) in [7, 11) is -9.41. The Morgan fingerprint density at radius 1 is 1.22 bits per heavy atom. The molecule has 1 unspecified atom stereocenters. The molecule has 11 nitrogen and oxygen atoms in total. The standard InChI is InChI=1S/C17H23ClN2O9P2S/c18-12-5-10(20-3-1-2-4-20)17-13(19-12)9(7-32-17)16-15(22)14(21)11(29-16)6-28-31(26,27)8-30(23,24)25/h5,7,11,14-16,21-22H,1-4,6,8H2,(H,26,27)(H2,23,24,25)/t11-,14-,15-,16+/m1/s1. The molecule has 0 bridgehead atoms. The van der Waals surface area contributed by atoms with Crippen LogP contribution in [-0.4, -0.2) is 73.8 Å². The van der Waals surface area contributed by atoms with E-state index in [0.29, 0.717) is 11.1 Å². The van der Waals surface area contributed by atoms with Crippen LogP contribution < -0.4 is 4.90 Å². The number of hydrogen-bond donors (Lipinski definition) is 5. The minimum Gasteiger partial charge on any atom is -0.387 e. The van der Waals surface area contributed by atoms with Crippen LogP contribution in [0.2, 0.25) is 5.15 Å². The fourth-order valence-electron chi connectivity index (χ4n) is 3.98. The summed E-state index contributed by atoms with van der Waals surface area (Å²) >= 11 is 7.67. The Balaban J connectivity index is 1.55. The number of aliphatic hydroxyl groups excluding tert-OH is 2. The number of aromatic nitrogens is 1. The summed E-state index contributed by atoms with van der Waals surface area (Å²) in [4.78, 5) is 34.0. The average molecular weight is 529 g/mol. The lowest BCUT2D eigenvalue weighted by Crippen LogP contribution is -2.33. The van der Waals surface area contributed by atoms with Crippen LogP contribution in [0.5, 0.6) is 0 Å². The number of halogens is 1. The van der Waals surface area contributed by atoms with Crippen LogP contribution in [0.25, 0.3) is 10.2 Å². The lowest BCUT2D eigenvalue weighted by atomic mass is 10.0. The normalized spacial score (nSPS) is 28.5. The third kappa shape index (κ3) is 5.21. The monoisotopic (exact) mass is 528 g/mol. The van der Waals surface area contributed by atoms with Crippen molar-refractivity contribution in [3.63, 3.8) is 0 Å². The number of aliphatic hydroxyl groups is 2. The number of hydrogen-bond acceptors (Lipinski definition) is 9. The van der Waals surface area contributed by atoms with Gasteiger partial charge in [-0.2, -0.15) is 0 Å². The zero-order valence-corrected chi connectivity index (χ0v) is 20.0. The van der Waals surface area contributed by atoms with Crippen molar-refractivity contribution in [3.05, 3.63) is 22.2 Å². The van der Waals surface area contributed by atoms with E-state index >= 15 is 0 Å². The molecule has 2 aliphatic heterocycles. The highest BCUT2D eigenvalue weighted by Crippen LogP contribution is 2.55. The summed E-state index contributed by atoms with van der Waals surface area (Å²) in [5.41, 5.74) is 2.00. The van der Waals surface area contributed by atoms with Crippen LogP contribution >= 0.6 is 38.1 Å². The summed E-state index contributed by atoms with van der Waals surface area (Å²) in [5.74, 6) is -1.36. The molecule has 2 aromatic heterocycles. The molecule has 0 spiro atoms. The van der Waals surface area contributed by atoms with Crippen LogP contribution in [0, 0.1) is 0 Å². The van der Waals surface area contributed by atoms with Crippen molar-refractivity contribution in [1.29, 1.82) is 0 Å². The highest BCUT2D eigenvalue weighted by atomic mass is 35.5. The van der Waals surface area contributed by atoms with E-state index in [1.54, 1.807) is 11.4 Å². The van der Waals surface area contributed by atoms with E-state index in [-0.39, 0.29) is 5.15 Å². The topological polar surface area (TPSA) is 170 Å². The van der Waals surface area contributed by atoms with Gasteiger partial charge in [-0.25, -0.2) is 4.98 Å². The fourth-order valence-corrected chi connectivity index (χ4v) is 7.81. The van der Waals surface area contributed by atoms with Gasteiger partial charge in [0.2, 0.25) is 0 Å². The molecule has 2 fully saturated rings. The van der Waals surface area contributed by atoms with Gasteiger partial charge in [0.1, 0.15) is 29.6 Å². The molecule has 5 atom stereocenters. The predicted octanol–water partition coefficient (Wildman–Crippen LogP) is 2.05. The molecule has 2 aromatic rings. The maximum absolute atomic E-state index is 11.9. The lowest BCUT2D eigenvalue weighted by Gasteiger charge is -2.19. The molecule has 0 saturated carbocycles. The van der Waals surface area contributed by atoms with Gasteiger partial charge in [0, 0.05) is 24.7 Å². The minimum atomic E-state index is -4.79. The van der Waals surface area contributed by atoms with E-state index in [0.717, 1.165) is 36.3 Å². The Hall–Kier alpha value is -0.620. The second-order valence-electron chi connectivity index (χ2n) is 7.84. The third-order valence-electron chi connectivity index (χ3n) is 5.42. The molecule has 4 rings (SSSR count). The van der Waals surface area contributed by atoms with Gasteiger partial charge in [-0.3, -0.25) is 9.13 Å². The van der Waals surface area contributed by atoms with Crippen LogP contribution in [0.4, 0.5) is 5.69 Å². The first kappa shape index (κ1) is 24.5. The van der Waals surface area contributed by atoms with Crippen LogP contribution in [0.3, 0.4) is 0 Å². The minimum absolute atomic E-state index is 0.283. The summed E-state index contributed by atoms with van der Waals surface area (Å²) in [6.07, 6.45) is -2.87. The van der Waals surface area contributed by atoms with E-state index < -0.39 is 52.1 Å². The third-order valence-corrected chi connectivity index (χ3v) is 10.1.